The molecule has 0 aliphatic heterocycles. The molecular weight excluding hydrogens is 1600 g/mol. The summed E-state index contributed by atoms with van der Waals surface area (Å²) in [5.41, 5.74) is 27.1. The summed E-state index contributed by atoms with van der Waals surface area (Å²) in [6.45, 7) is 0. The molecule has 9 aromatic heterocycles. The molecule has 0 atom stereocenters. The third kappa shape index (κ3) is 13.3. The van der Waals surface area contributed by atoms with Crippen LogP contribution in [0.25, 0.3) is 239 Å². The van der Waals surface area contributed by atoms with Crippen molar-refractivity contribution in [2.75, 3.05) is 0 Å². The molecule has 26 aromatic rings. The highest BCUT2D eigenvalue weighted by Gasteiger charge is 2.24. The standard InChI is InChI=1S/C68H43N7.C50H32N6/c1-5-17-44(18-6-1)66-70-67(45-19-7-2-8-20-45)72-68(71-66)50-37-38-69-65(43-50)75-63-35-31-48(46-29-33-61-55(39-46)53-25-13-15-27-59(53)73(61)51-21-9-3-10-22-51)41-57(63)58-42-49(32-36-64(58)75)47-30-34-62-56(40-47)54-26-14-16-28-60(54)74(62)52-23-11-4-12-24-52;1-4-14-33(15-5-1)48-52-49(34-16-6-2-7-17-34)54-50(53-48)37-28-29-51-47(32-37)56-44-23-13-11-21-40(44)42-31-36(25-27-46(42)56)35-24-26-45-41(30-35)39-20-10-12-22-43(39)55(45)38-18-8-3-9-19-38/h1-43H;1-32H. The quantitative estimate of drug-likeness (QED) is 0.105. The van der Waals surface area contributed by atoms with Crippen molar-refractivity contribution in [3.8, 4) is 130 Å². The number of fused-ring (bicyclic) bond motifs is 15. The van der Waals surface area contributed by atoms with Gasteiger partial charge in [0.15, 0.2) is 34.9 Å². The van der Waals surface area contributed by atoms with Gasteiger partial charge in [-0.05, 0) is 191 Å². The van der Waals surface area contributed by atoms with Gasteiger partial charge >= 0.3 is 0 Å². The van der Waals surface area contributed by atoms with Gasteiger partial charge in [0.05, 0.1) is 55.2 Å². The van der Waals surface area contributed by atoms with Gasteiger partial charge in [0.1, 0.15) is 11.6 Å². The number of pyridine rings is 2. The summed E-state index contributed by atoms with van der Waals surface area (Å²) >= 11 is 0. The summed E-state index contributed by atoms with van der Waals surface area (Å²) in [5, 5.41) is 11.9. The lowest BCUT2D eigenvalue weighted by Gasteiger charge is -2.11. The van der Waals surface area contributed by atoms with Crippen LogP contribution in [0.4, 0.5) is 0 Å². The maximum atomic E-state index is 5.10. The second-order valence-corrected chi connectivity index (χ2v) is 33.0. The van der Waals surface area contributed by atoms with Crippen LogP contribution in [0.5, 0.6) is 0 Å². The zero-order chi connectivity index (χ0) is 86.4. The summed E-state index contributed by atoms with van der Waals surface area (Å²) in [6, 6.07) is 156. The highest BCUT2D eigenvalue weighted by molar-refractivity contribution is 6.17. The molecule has 0 aliphatic rings. The Labute approximate surface area is 752 Å². The first kappa shape index (κ1) is 75.6. The Hall–Kier alpha value is -17.9. The van der Waals surface area contributed by atoms with E-state index in [9.17, 15) is 0 Å². The fourth-order valence-corrected chi connectivity index (χ4v) is 19.3. The van der Waals surface area contributed by atoms with Crippen molar-refractivity contribution in [2.24, 2.45) is 0 Å². The van der Waals surface area contributed by atoms with Crippen LogP contribution >= 0.6 is 0 Å². The second kappa shape index (κ2) is 31.6. The van der Waals surface area contributed by atoms with Crippen LogP contribution < -0.4 is 0 Å². The molecule has 0 radical (unpaired) electrons. The average molecular weight is 1670 g/mol. The first-order valence-corrected chi connectivity index (χ1v) is 44.0. The summed E-state index contributed by atoms with van der Waals surface area (Å²) in [5.74, 6) is 5.19. The van der Waals surface area contributed by atoms with Crippen molar-refractivity contribution in [1.29, 1.82) is 0 Å². The van der Waals surface area contributed by atoms with Gasteiger partial charge < -0.3 is 13.7 Å². The molecule has 0 aliphatic carbocycles. The van der Waals surface area contributed by atoms with E-state index in [0.29, 0.717) is 34.9 Å². The molecule has 0 spiro atoms. The van der Waals surface area contributed by atoms with Crippen LogP contribution in [0, 0.1) is 0 Å². The number of aromatic nitrogens is 13. The lowest BCUT2D eigenvalue weighted by molar-refractivity contribution is 1.05. The van der Waals surface area contributed by atoms with E-state index in [4.69, 9.17) is 39.9 Å². The number of hydrogen-bond donors (Lipinski definition) is 0. The van der Waals surface area contributed by atoms with Crippen molar-refractivity contribution < 1.29 is 0 Å². The minimum atomic E-state index is 0.574. The van der Waals surface area contributed by atoms with E-state index < -0.39 is 0 Å². The number of para-hydroxylation sites is 7. The van der Waals surface area contributed by atoms with Gasteiger partial charge in [0, 0.05) is 117 Å². The van der Waals surface area contributed by atoms with Crippen LogP contribution in [0.3, 0.4) is 0 Å². The molecule has 0 N–H and O–H groups in total. The van der Waals surface area contributed by atoms with Crippen LogP contribution in [-0.4, -0.2) is 62.7 Å². The molecule has 0 bridgehead atoms. The van der Waals surface area contributed by atoms with Crippen LogP contribution in [0.15, 0.2) is 455 Å². The largest absolute Gasteiger partial charge is 0.309 e. The lowest BCUT2D eigenvalue weighted by atomic mass is 9.98. The van der Waals surface area contributed by atoms with Gasteiger partial charge in [0.2, 0.25) is 0 Å². The lowest BCUT2D eigenvalue weighted by Crippen LogP contribution is -2.02. The van der Waals surface area contributed by atoms with E-state index in [1.54, 1.807) is 0 Å². The first-order chi connectivity index (χ1) is 64.9. The van der Waals surface area contributed by atoms with E-state index in [-0.39, 0.29) is 0 Å². The molecular formula is C118H75N13. The normalized spacial score (nSPS) is 11.7. The molecule has 13 heteroatoms. The monoisotopic (exact) mass is 1670 g/mol. The van der Waals surface area contributed by atoms with Gasteiger partial charge in [-0.3, -0.25) is 9.13 Å². The number of benzene rings is 17. The minimum Gasteiger partial charge on any atom is -0.309 e. The van der Waals surface area contributed by atoms with Gasteiger partial charge in [-0.25, -0.2) is 39.9 Å². The molecule has 0 amide bonds. The van der Waals surface area contributed by atoms with Gasteiger partial charge in [0.25, 0.3) is 0 Å². The Kier molecular flexibility index (Phi) is 18.2. The maximum Gasteiger partial charge on any atom is 0.164 e. The molecule has 0 saturated carbocycles. The first-order valence-electron chi connectivity index (χ1n) is 44.0. The molecule has 0 fully saturated rings. The Morgan fingerprint density at radius 2 is 0.321 bits per heavy atom. The third-order valence-electron chi connectivity index (χ3n) is 25.4. The smallest absolute Gasteiger partial charge is 0.164 e. The number of hydrogen-bond acceptors (Lipinski definition) is 8. The van der Waals surface area contributed by atoms with Crippen molar-refractivity contribution in [3.05, 3.63) is 455 Å². The molecule has 13 nitrogen and oxygen atoms in total. The van der Waals surface area contributed by atoms with Crippen LogP contribution in [0.2, 0.25) is 0 Å². The zero-order valence-electron chi connectivity index (χ0n) is 70.6. The molecule has 9 heterocycles. The van der Waals surface area contributed by atoms with E-state index in [0.717, 1.165) is 134 Å². The Bertz CT molecular complexity index is 8620. The Balaban J connectivity index is 0.000000147. The van der Waals surface area contributed by atoms with Crippen molar-refractivity contribution in [2.45, 2.75) is 0 Å². The van der Waals surface area contributed by atoms with Gasteiger partial charge in [-0.1, -0.05) is 285 Å². The van der Waals surface area contributed by atoms with Crippen molar-refractivity contribution in [1.82, 2.24) is 62.7 Å². The summed E-state index contributed by atoms with van der Waals surface area (Å²) in [4.78, 5) is 40.0. The second-order valence-electron chi connectivity index (χ2n) is 33.0. The topological polar surface area (TPSA) is 128 Å². The molecule has 131 heavy (non-hydrogen) atoms. The molecule has 0 saturated heterocycles. The SMILES string of the molecule is c1ccc(-c2nc(-c3ccccc3)nc(-c3ccnc(-n4c5ccc(-c6ccc7c(c6)c6ccccc6n7-c6ccccc6)cc5c5cc(-c6ccc7c(c6)c6ccccc6n7-c6ccccc6)ccc54)c3)n2)cc1.c1ccc(-c2nc(-c3ccccc3)nc(-c3ccnc(-n4c5ccccc5c5cc(-c6ccc7c(c6)c6ccccc6n7-c6ccccc6)ccc54)c3)n2)cc1. The Morgan fingerprint density at radius 3 is 0.573 bits per heavy atom. The van der Waals surface area contributed by atoms with E-state index in [2.05, 4.69) is 332 Å². The van der Waals surface area contributed by atoms with E-state index in [1.165, 1.54) is 71.0 Å². The fourth-order valence-electron chi connectivity index (χ4n) is 19.3. The number of rotatable bonds is 14. The highest BCUT2D eigenvalue weighted by Crippen LogP contribution is 2.45. The molecule has 612 valence electrons. The maximum absolute atomic E-state index is 5.10. The van der Waals surface area contributed by atoms with Crippen LogP contribution in [0.1, 0.15) is 0 Å². The fraction of sp³-hybridized carbons (Fsp3) is 0. The summed E-state index contributed by atoms with van der Waals surface area (Å²) in [6.07, 6.45) is 3.70. The van der Waals surface area contributed by atoms with Crippen molar-refractivity contribution in [3.63, 3.8) is 0 Å². The summed E-state index contributed by atoms with van der Waals surface area (Å²) in [7, 11) is 0. The molecule has 26 rings (SSSR count). The van der Waals surface area contributed by atoms with Crippen molar-refractivity contribution >= 4 is 109 Å². The average Bonchev–Trinajstić information content (AvgIpc) is 1.59. The highest BCUT2D eigenvalue weighted by atomic mass is 15.1. The third-order valence-corrected chi connectivity index (χ3v) is 25.4. The minimum absolute atomic E-state index is 0.574. The Morgan fingerprint density at radius 1 is 0.130 bits per heavy atom. The van der Waals surface area contributed by atoms with E-state index in [1.807, 2.05) is 146 Å². The van der Waals surface area contributed by atoms with Gasteiger partial charge in [-0.2, -0.15) is 0 Å². The van der Waals surface area contributed by atoms with E-state index >= 15 is 0 Å². The van der Waals surface area contributed by atoms with Gasteiger partial charge in [-0.15, -0.1) is 0 Å². The zero-order valence-corrected chi connectivity index (χ0v) is 70.6. The predicted octanol–water partition coefficient (Wildman–Crippen LogP) is 29.0. The van der Waals surface area contributed by atoms with Crippen LogP contribution in [-0.2, 0) is 0 Å². The predicted molar refractivity (Wildman–Crippen MR) is 536 cm³/mol. The summed E-state index contributed by atoms with van der Waals surface area (Å²) < 4.78 is 11.6. The molecule has 0 unspecified atom stereocenters. The molecule has 17 aromatic carbocycles. The number of nitrogens with zero attached hydrogens (tertiary/aromatic N) is 13.